The van der Waals surface area contributed by atoms with Crippen LogP contribution in [-0.4, -0.2) is 63.9 Å². The Morgan fingerprint density at radius 2 is 2.07 bits per heavy atom. The maximum Gasteiger partial charge on any atom is 0.272 e. The highest BCUT2D eigenvalue weighted by Gasteiger charge is 2.37. The van der Waals surface area contributed by atoms with E-state index in [1.54, 1.807) is 18.0 Å². The van der Waals surface area contributed by atoms with E-state index >= 15 is 0 Å². The van der Waals surface area contributed by atoms with Crippen LogP contribution < -0.4 is 5.32 Å². The number of nitrogens with one attached hydrogen (secondary N) is 1. The van der Waals surface area contributed by atoms with Crippen molar-refractivity contribution < 1.29 is 14.0 Å². The lowest BCUT2D eigenvalue weighted by molar-refractivity contribution is -0.128. The molecule has 1 aromatic heterocycles. The monoisotopic (exact) mass is 433 g/mol. The van der Waals surface area contributed by atoms with Crippen LogP contribution in [0.15, 0.2) is 18.2 Å². The molecule has 1 fully saturated rings. The van der Waals surface area contributed by atoms with Gasteiger partial charge in [-0.2, -0.15) is 0 Å². The van der Waals surface area contributed by atoms with E-state index < -0.39 is 11.9 Å². The second-order valence-electron chi connectivity index (χ2n) is 8.16. The number of amides is 2. The van der Waals surface area contributed by atoms with E-state index in [0.29, 0.717) is 36.6 Å². The molecule has 1 N–H and O–H groups in total. The van der Waals surface area contributed by atoms with Crippen molar-refractivity contribution in [1.29, 1.82) is 0 Å². The fourth-order valence-corrected chi connectivity index (χ4v) is 4.35. The van der Waals surface area contributed by atoms with Gasteiger partial charge in [-0.05, 0) is 51.6 Å². The minimum Gasteiger partial charge on any atom is -0.341 e. The molecule has 30 heavy (non-hydrogen) atoms. The third kappa shape index (κ3) is 3.70. The Morgan fingerprint density at radius 1 is 1.30 bits per heavy atom. The van der Waals surface area contributed by atoms with Gasteiger partial charge in [0, 0.05) is 31.7 Å². The van der Waals surface area contributed by atoms with Crippen LogP contribution in [-0.2, 0) is 17.9 Å². The summed E-state index contributed by atoms with van der Waals surface area (Å²) in [5.74, 6) is -0.382. The van der Waals surface area contributed by atoms with E-state index in [2.05, 4.69) is 15.2 Å². The van der Waals surface area contributed by atoms with Crippen molar-refractivity contribution in [3.05, 3.63) is 40.4 Å². The summed E-state index contributed by atoms with van der Waals surface area (Å²) >= 11 is 5.99. The minimum absolute atomic E-state index is 0.00942. The Hall–Kier alpha value is -2.45. The summed E-state index contributed by atoms with van der Waals surface area (Å²) in [5.41, 5.74) is 1.74. The summed E-state index contributed by atoms with van der Waals surface area (Å²) in [7, 11) is 3.74. The van der Waals surface area contributed by atoms with Crippen LogP contribution in [0, 0.1) is 5.82 Å². The summed E-state index contributed by atoms with van der Waals surface area (Å²) in [4.78, 5) is 34.0. The predicted molar refractivity (Wildman–Crippen MR) is 112 cm³/mol. The fourth-order valence-electron chi connectivity index (χ4n) is 4.17. The number of imidazole rings is 1. The van der Waals surface area contributed by atoms with Crippen molar-refractivity contribution in [2.75, 3.05) is 20.6 Å². The lowest BCUT2D eigenvalue weighted by Crippen LogP contribution is -2.41. The molecule has 0 spiro atoms. The van der Waals surface area contributed by atoms with Crippen LogP contribution >= 0.6 is 11.6 Å². The van der Waals surface area contributed by atoms with Gasteiger partial charge in [0.2, 0.25) is 5.91 Å². The zero-order valence-corrected chi connectivity index (χ0v) is 18.0. The molecule has 160 valence electrons. The van der Waals surface area contributed by atoms with Gasteiger partial charge in [0.1, 0.15) is 17.7 Å². The lowest BCUT2D eigenvalue weighted by atomic mass is 10.2. The van der Waals surface area contributed by atoms with Crippen molar-refractivity contribution >= 4 is 23.4 Å². The van der Waals surface area contributed by atoms with Crippen molar-refractivity contribution in [2.45, 2.75) is 44.9 Å². The molecule has 2 atom stereocenters. The van der Waals surface area contributed by atoms with Crippen LogP contribution in [0.3, 0.4) is 0 Å². The van der Waals surface area contributed by atoms with Crippen LogP contribution in [0.25, 0.3) is 11.4 Å². The van der Waals surface area contributed by atoms with Crippen LogP contribution in [0.1, 0.15) is 35.9 Å². The van der Waals surface area contributed by atoms with Gasteiger partial charge in [-0.3, -0.25) is 9.59 Å². The molecular weight excluding hydrogens is 409 g/mol. The number of aromatic nitrogens is 2. The van der Waals surface area contributed by atoms with Crippen molar-refractivity contribution in [3.8, 4) is 11.4 Å². The topological polar surface area (TPSA) is 70.5 Å². The van der Waals surface area contributed by atoms with Crippen molar-refractivity contribution in [1.82, 2.24) is 24.7 Å². The Labute approximate surface area is 179 Å². The summed E-state index contributed by atoms with van der Waals surface area (Å²) in [6, 6.07) is 3.97. The van der Waals surface area contributed by atoms with Gasteiger partial charge in [-0.1, -0.05) is 11.6 Å². The van der Waals surface area contributed by atoms with E-state index in [-0.39, 0.29) is 22.9 Å². The Morgan fingerprint density at radius 3 is 2.73 bits per heavy atom. The number of rotatable bonds is 3. The van der Waals surface area contributed by atoms with Crippen molar-refractivity contribution in [2.24, 2.45) is 0 Å². The maximum atomic E-state index is 13.7. The Balaban J connectivity index is 1.72. The van der Waals surface area contributed by atoms with Crippen LogP contribution in [0.5, 0.6) is 0 Å². The van der Waals surface area contributed by atoms with Gasteiger partial charge < -0.3 is 19.7 Å². The first kappa shape index (κ1) is 20.8. The zero-order chi connectivity index (χ0) is 21.6. The van der Waals surface area contributed by atoms with Gasteiger partial charge in [-0.15, -0.1) is 0 Å². The predicted octanol–water partition coefficient (Wildman–Crippen LogP) is 2.53. The molecule has 2 aromatic rings. The number of carbonyl (C=O) groups excluding carboxylic acids is 2. The highest BCUT2D eigenvalue weighted by molar-refractivity contribution is 6.31. The van der Waals surface area contributed by atoms with Crippen LogP contribution in [0.4, 0.5) is 4.39 Å². The number of fused-ring (bicyclic) bond motifs is 1. The van der Waals surface area contributed by atoms with E-state index in [0.717, 1.165) is 18.7 Å². The second-order valence-corrected chi connectivity index (χ2v) is 8.57. The smallest absolute Gasteiger partial charge is 0.272 e. The molecule has 2 aliphatic heterocycles. The van der Waals surface area contributed by atoms with Gasteiger partial charge in [0.05, 0.1) is 10.7 Å². The molecule has 1 saturated heterocycles. The second kappa shape index (κ2) is 8.00. The third-order valence-electron chi connectivity index (χ3n) is 6.00. The summed E-state index contributed by atoms with van der Waals surface area (Å²) < 4.78 is 15.7. The fraction of sp³-hybridized carbons (Fsp3) is 0.476. The van der Waals surface area contributed by atoms with Crippen molar-refractivity contribution in [3.63, 3.8) is 0 Å². The number of benzene rings is 1. The number of halogens is 2. The molecule has 1 unspecified atom stereocenters. The maximum absolute atomic E-state index is 13.7. The zero-order valence-electron chi connectivity index (χ0n) is 17.3. The number of carbonyl (C=O) groups is 2. The van der Waals surface area contributed by atoms with Crippen LogP contribution in [0.2, 0.25) is 5.02 Å². The molecule has 9 heteroatoms. The first-order chi connectivity index (χ1) is 14.3. The molecule has 0 bridgehead atoms. The first-order valence-electron chi connectivity index (χ1n) is 10.1. The number of likely N-dealkylation sites (tertiary alicyclic amines) is 1. The SMILES string of the molecule is CC1C[C@H](NC(=O)c2nc(-c3ccc(F)c(Cl)c3)n3c2CN(C)CCC3)C(=O)N1C. The first-order valence-corrected chi connectivity index (χ1v) is 10.4. The number of hydrogen-bond acceptors (Lipinski definition) is 4. The average Bonchev–Trinajstić information content (AvgIpc) is 3.08. The molecule has 1 aromatic carbocycles. The molecule has 0 aliphatic carbocycles. The number of likely N-dealkylation sites (N-methyl/N-ethyl adjacent to an activating group) is 1. The minimum atomic E-state index is -0.554. The third-order valence-corrected chi connectivity index (χ3v) is 6.29. The quantitative estimate of drug-likeness (QED) is 0.807. The lowest BCUT2D eigenvalue weighted by Gasteiger charge is -2.15. The highest BCUT2D eigenvalue weighted by atomic mass is 35.5. The standard InChI is InChI=1S/C21H25ClFN5O2/c1-12-9-16(21(30)27(12)3)24-20(29)18-17-11-26(2)7-4-8-28(17)19(25-18)13-5-6-15(23)14(22)10-13/h5-6,10,12,16H,4,7-9,11H2,1-3H3,(H,24,29)/t12?,16-/m0/s1. The molecule has 3 heterocycles. The summed E-state index contributed by atoms with van der Waals surface area (Å²) in [5, 5.41) is 2.88. The Kier molecular flexibility index (Phi) is 5.55. The van der Waals surface area contributed by atoms with E-state index in [4.69, 9.17) is 11.6 Å². The van der Waals surface area contributed by atoms with Gasteiger partial charge in [0.15, 0.2) is 5.69 Å². The largest absolute Gasteiger partial charge is 0.341 e. The van der Waals surface area contributed by atoms with E-state index in [9.17, 15) is 14.0 Å². The van der Waals surface area contributed by atoms with E-state index in [1.807, 2.05) is 18.5 Å². The van der Waals surface area contributed by atoms with Gasteiger partial charge in [-0.25, -0.2) is 9.37 Å². The molecule has 4 rings (SSSR count). The summed E-state index contributed by atoms with van der Waals surface area (Å²) in [6.45, 7) is 4.08. The molecular formula is C21H25ClFN5O2. The Bertz CT molecular complexity index is 1010. The summed E-state index contributed by atoms with van der Waals surface area (Å²) in [6.07, 6.45) is 1.46. The molecule has 0 radical (unpaired) electrons. The normalized spacial score (nSPS) is 22.2. The average molecular weight is 434 g/mol. The number of hydrogen-bond donors (Lipinski definition) is 1. The molecule has 2 amide bonds. The number of nitrogens with zero attached hydrogens (tertiary/aromatic N) is 4. The van der Waals surface area contributed by atoms with Gasteiger partial charge in [0.25, 0.3) is 5.91 Å². The highest BCUT2D eigenvalue weighted by Crippen LogP contribution is 2.29. The molecule has 2 aliphatic rings. The van der Waals surface area contributed by atoms with E-state index in [1.165, 1.54) is 12.1 Å². The molecule has 0 saturated carbocycles. The van der Waals surface area contributed by atoms with Gasteiger partial charge >= 0.3 is 0 Å². The molecule has 7 nitrogen and oxygen atoms in total.